The minimum Gasteiger partial charge on any atom is -0.493 e. The predicted octanol–water partition coefficient (Wildman–Crippen LogP) is 3.36. The third kappa shape index (κ3) is 4.39. The lowest BCUT2D eigenvalue weighted by Gasteiger charge is -2.14. The van der Waals surface area contributed by atoms with Crippen molar-refractivity contribution in [2.75, 3.05) is 26.6 Å². The summed E-state index contributed by atoms with van der Waals surface area (Å²) in [5, 5.41) is 16.7. The normalized spacial score (nSPS) is 10.4. The topological polar surface area (TPSA) is 125 Å². The van der Waals surface area contributed by atoms with Gasteiger partial charge < -0.3 is 19.5 Å². The number of thiazole rings is 1. The molecule has 0 spiro atoms. The van der Waals surface area contributed by atoms with Crippen molar-refractivity contribution in [2.24, 2.45) is 0 Å². The number of carbonyl (C=O) groups is 1. The van der Waals surface area contributed by atoms with Crippen LogP contribution in [0.2, 0.25) is 0 Å². The predicted molar refractivity (Wildman–Crippen MR) is 116 cm³/mol. The molecule has 0 saturated carbocycles. The number of nitrogens with one attached hydrogen (secondary N) is 2. The van der Waals surface area contributed by atoms with Gasteiger partial charge >= 0.3 is 0 Å². The number of rotatable bonds is 6. The Bertz CT molecular complexity index is 1120. The van der Waals surface area contributed by atoms with Gasteiger partial charge in [0.15, 0.2) is 21.7 Å². The fourth-order valence-corrected chi connectivity index (χ4v) is 3.75. The fourth-order valence-electron chi connectivity index (χ4n) is 2.60. The number of hydrogen-bond donors (Lipinski definition) is 2. The zero-order chi connectivity index (χ0) is 21.8. The molecule has 0 aliphatic heterocycles. The molecule has 0 aliphatic carbocycles. The number of ether oxygens (including phenoxy) is 3. The van der Waals surface area contributed by atoms with Gasteiger partial charge in [-0.1, -0.05) is 11.3 Å². The van der Waals surface area contributed by atoms with E-state index in [9.17, 15) is 14.9 Å². The summed E-state index contributed by atoms with van der Waals surface area (Å²) in [5.41, 5.74) is 0.788. The number of amides is 1. The molecule has 30 heavy (non-hydrogen) atoms. The molecule has 12 heteroatoms. The highest BCUT2D eigenvalue weighted by Crippen LogP contribution is 2.38. The van der Waals surface area contributed by atoms with E-state index in [4.69, 9.17) is 26.4 Å². The molecular formula is C18H16N4O6S2. The van der Waals surface area contributed by atoms with Crippen LogP contribution in [0.15, 0.2) is 30.3 Å². The molecule has 3 rings (SSSR count). The van der Waals surface area contributed by atoms with Crippen molar-refractivity contribution in [3.63, 3.8) is 0 Å². The van der Waals surface area contributed by atoms with E-state index in [-0.39, 0.29) is 16.4 Å². The molecule has 2 aromatic carbocycles. The zero-order valence-electron chi connectivity index (χ0n) is 16.0. The number of benzene rings is 2. The van der Waals surface area contributed by atoms with Crippen LogP contribution in [0.3, 0.4) is 0 Å². The summed E-state index contributed by atoms with van der Waals surface area (Å²) in [7, 11) is 4.36. The van der Waals surface area contributed by atoms with Gasteiger partial charge in [-0.15, -0.1) is 0 Å². The Balaban J connectivity index is 1.75. The van der Waals surface area contributed by atoms with Crippen molar-refractivity contribution < 1.29 is 23.9 Å². The number of nitro groups is 1. The van der Waals surface area contributed by atoms with Crippen LogP contribution in [0.25, 0.3) is 10.2 Å². The zero-order valence-corrected chi connectivity index (χ0v) is 17.7. The van der Waals surface area contributed by atoms with E-state index in [1.165, 1.54) is 56.9 Å². The number of nitrogens with zero attached hydrogens (tertiary/aromatic N) is 2. The van der Waals surface area contributed by atoms with Crippen LogP contribution in [0.4, 0.5) is 10.8 Å². The lowest BCUT2D eigenvalue weighted by molar-refractivity contribution is -0.384. The Morgan fingerprint density at radius 1 is 1.13 bits per heavy atom. The van der Waals surface area contributed by atoms with Gasteiger partial charge in [-0.25, -0.2) is 4.98 Å². The van der Waals surface area contributed by atoms with Crippen molar-refractivity contribution in [3.8, 4) is 17.2 Å². The monoisotopic (exact) mass is 448 g/mol. The minimum absolute atomic E-state index is 0.0160. The first-order valence-corrected chi connectivity index (χ1v) is 9.56. The van der Waals surface area contributed by atoms with Crippen molar-refractivity contribution in [2.45, 2.75) is 0 Å². The van der Waals surface area contributed by atoms with Crippen molar-refractivity contribution in [1.29, 1.82) is 0 Å². The summed E-state index contributed by atoms with van der Waals surface area (Å²) in [6.45, 7) is 0. The van der Waals surface area contributed by atoms with Crippen LogP contribution in [-0.4, -0.2) is 42.3 Å². The highest BCUT2D eigenvalue weighted by molar-refractivity contribution is 7.80. The molecule has 0 aliphatic rings. The summed E-state index contributed by atoms with van der Waals surface area (Å²) >= 11 is 6.36. The molecule has 3 aromatic rings. The largest absolute Gasteiger partial charge is 0.493 e. The van der Waals surface area contributed by atoms with Crippen LogP contribution < -0.4 is 24.8 Å². The second kappa shape index (κ2) is 8.88. The summed E-state index contributed by atoms with van der Waals surface area (Å²) < 4.78 is 16.3. The SMILES string of the molecule is COc1cc(C(=O)NC(=S)Nc2nc3ccc([N+](=O)[O-])cc3s2)cc(OC)c1OC. The van der Waals surface area contributed by atoms with Gasteiger partial charge in [-0.05, 0) is 30.4 Å². The standard InChI is InChI=1S/C18H16N4O6S2/c1-26-12-6-9(7-13(27-2)15(12)28-3)16(23)20-17(29)21-18-19-11-5-4-10(22(24)25)8-14(11)30-18/h4-8H,1-3H3,(H2,19,20,21,23,29). The molecule has 1 aromatic heterocycles. The van der Waals surface area contributed by atoms with Crippen LogP contribution >= 0.6 is 23.6 Å². The third-order valence-electron chi connectivity index (χ3n) is 3.96. The number of nitro benzene ring substituents is 1. The quantitative estimate of drug-likeness (QED) is 0.332. The molecule has 1 heterocycles. The summed E-state index contributed by atoms with van der Waals surface area (Å²) in [4.78, 5) is 27.3. The number of aromatic nitrogens is 1. The maximum atomic E-state index is 12.6. The highest BCUT2D eigenvalue weighted by Gasteiger charge is 2.18. The minimum atomic E-state index is -0.497. The summed E-state index contributed by atoms with van der Waals surface area (Å²) in [5.74, 6) is 0.520. The number of carbonyl (C=O) groups excluding carboxylic acids is 1. The number of hydrogen-bond acceptors (Lipinski definition) is 9. The third-order valence-corrected chi connectivity index (χ3v) is 5.10. The molecule has 156 valence electrons. The molecular weight excluding hydrogens is 432 g/mol. The first-order valence-electron chi connectivity index (χ1n) is 8.33. The van der Waals surface area contributed by atoms with Crippen LogP contribution in [0.5, 0.6) is 17.2 Å². The number of non-ortho nitro benzene ring substituents is 1. The van der Waals surface area contributed by atoms with E-state index in [1.54, 1.807) is 6.07 Å². The molecule has 10 nitrogen and oxygen atoms in total. The Morgan fingerprint density at radius 2 is 1.80 bits per heavy atom. The number of methoxy groups -OCH3 is 3. The van der Waals surface area contributed by atoms with Gasteiger partial charge in [0.2, 0.25) is 5.75 Å². The maximum absolute atomic E-state index is 12.6. The Kier molecular flexibility index (Phi) is 6.28. The molecule has 2 N–H and O–H groups in total. The van der Waals surface area contributed by atoms with Crippen LogP contribution in [0.1, 0.15) is 10.4 Å². The smallest absolute Gasteiger partial charge is 0.270 e. The summed E-state index contributed by atoms with van der Waals surface area (Å²) in [6, 6.07) is 7.34. The lowest BCUT2D eigenvalue weighted by Crippen LogP contribution is -2.34. The second-order valence-electron chi connectivity index (χ2n) is 5.75. The number of anilines is 1. The van der Waals surface area contributed by atoms with E-state index in [0.29, 0.717) is 32.6 Å². The fraction of sp³-hybridized carbons (Fsp3) is 0.167. The molecule has 0 unspecified atom stereocenters. The first kappa shape index (κ1) is 21.2. The maximum Gasteiger partial charge on any atom is 0.270 e. The highest BCUT2D eigenvalue weighted by atomic mass is 32.1. The molecule has 0 radical (unpaired) electrons. The van der Waals surface area contributed by atoms with E-state index in [1.807, 2.05) is 0 Å². The van der Waals surface area contributed by atoms with Crippen LogP contribution in [0, 0.1) is 10.1 Å². The molecule has 0 saturated heterocycles. The van der Waals surface area contributed by atoms with E-state index in [0.717, 1.165) is 0 Å². The number of fused-ring (bicyclic) bond motifs is 1. The van der Waals surface area contributed by atoms with E-state index >= 15 is 0 Å². The number of thiocarbonyl (C=S) groups is 1. The van der Waals surface area contributed by atoms with E-state index in [2.05, 4.69) is 15.6 Å². The Morgan fingerprint density at radius 3 is 2.37 bits per heavy atom. The van der Waals surface area contributed by atoms with Gasteiger partial charge in [-0.2, -0.15) is 0 Å². The average Bonchev–Trinajstić information content (AvgIpc) is 3.13. The Hall–Kier alpha value is -3.51. The molecule has 0 bridgehead atoms. The van der Waals surface area contributed by atoms with Gasteiger partial charge in [0.25, 0.3) is 11.6 Å². The Labute approximate surface area is 179 Å². The molecule has 0 fully saturated rings. The van der Waals surface area contributed by atoms with Crippen molar-refractivity contribution in [1.82, 2.24) is 10.3 Å². The average molecular weight is 448 g/mol. The lowest BCUT2D eigenvalue weighted by atomic mass is 10.1. The molecule has 0 atom stereocenters. The summed E-state index contributed by atoms with van der Waals surface area (Å²) in [6.07, 6.45) is 0. The van der Waals surface area contributed by atoms with Gasteiger partial charge in [0.1, 0.15) is 0 Å². The van der Waals surface area contributed by atoms with Gasteiger partial charge in [0.05, 0.1) is 36.5 Å². The van der Waals surface area contributed by atoms with Gasteiger partial charge in [0, 0.05) is 17.7 Å². The molecule has 1 amide bonds. The first-order chi connectivity index (χ1) is 14.4. The second-order valence-corrected chi connectivity index (χ2v) is 7.19. The van der Waals surface area contributed by atoms with Crippen molar-refractivity contribution >= 4 is 55.6 Å². The van der Waals surface area contributed by atoms with Gasteiger partial charge in [-0.3, -0.25) is 20.2 Å². The van der Waals surface area contributed by atoms with Crippen molar-refractivity contribution in [3.05, 3.63) is 46.0 Å². The van der Waals surface area contributed by atoms with Crippen LogP contribution in [-0.2, 0) is 0 Å². The van der Waals surface area contributed by atoms with E-state index < -0.39 is 10.8 Å².